The van der Waals surface area contributed by atoms with Crippen molar-refractivity contribution in [3.05, 3.63) is 101 Å². The van der Waals surface area contributed by atoms with Crippen LogP contribution < -0.4 is 5.32 Å². The number of fused-ring (bicyclic) bond motifs is 6. The molecule has 4 aromatic rings. The highest BCUT2D eigenvalue weighted by Crippen LogP contribution is 2.44. The van der Waals surface area contributed by atoms with Gasteiger partial charge in [0.15, 0.2) is 0 Å². The molecule has 3 aromatic carbocycles. The number of ether oxygens (including phenoxy) is 1. The Bertz CT molecular complexity index is 1350. The summed E-state index contributed by atoms with van der Waals surface area (Å²) in [5.41, 5.74) is 10.2. The summed E-state index contributed by atoms with van der Waals surface area (Å²) >= 11 is 0. The summed E-state index contributed by atoms with van der Waals surface area (Å²) in [6.07, 6.45) is 8.50. The van der Waals surface area contributed by atoms with Gasteiger partial charge in [-0.1, -0.05) is 66.7 Å². The van der Waals surface area contributed by atoms with E-state index in [9.17, 15) is 4.79 Å². The van der Waals surface area contributed by atoms with Gasteiger partial charge in [0.2, 0.25) is 0 Å². The molecule has 0 spiro atoms. The van der Waals surface area contributed by atoms with Crippen molar-refractivity contribution in [3.8, 4) is 11.1 Å². The molecule has 0 bridgehead atoms. The molecule has 4 nitrogen and oxygen atoms in total. The van der Waals surface area contributed by atoms with Crippen LogP contribution in [0.1, 0.15) is 46.7 Å². The number of hydrogen-bond acceptors (Lipinski definition) is 2. The van der Waals surface area contributed by atoms with E-state index in [4.69, 9.17) is 4.74 Å². The molecular formula is C30H28N2O2. The fourth-order valence-electron chi connectivity index (χ4n) is 5.51. The van der Waals surface area contributed by atoms with E-state index in [0.717, 1.165) is 18.4 Å². The van der Waals surface area contributed by atoms with Crippen molar-refractivity contribution in [2.45, 2.75) is 31.6 Å². The third-order valence-corrected chi connectivity index (χ3v) is 7.14. The highest BCUT2D eigenvalue weighted by molar-refractivity contribution is 5.87. The van der Waals surface area contributed by atoms with E-state index in [0.29, 0.717) is 13.2 Å². The number of nitrogens with one attached hydrogen (secondary N) is 2. The minimum Gasteiger partial charge on any atom is -0.449 e. The van der Waals surface area contributed by atoms with Crippen LogP contribution in [-0.2, 0) is 17.6 Å². The van der Waals surface area contributed by atoms with Crippen LogP contribution in [0.4, 0.5) is 4.79 Å². The first-order chi connectivity index (χ1) is 16.8. The number of benzene rings is 3. The number of carbonyl (C=O) groups is 1. The van der Waals surface area contributed by atoms with Crippen molar-refractivity contribution in [2.24, 2.45) is 0 Å². The summed E-state index contributed by atoms with van der Waals surface area (Å²) in [6, 6.07) is 23.3. The van der Waals surface area contributed by atoms with Gasteiger partial charge >= 0.3 is 6.09 Å². The van der Waals surface area contributed by atoms with Crippen molar-refractivity contribution < 1.29 is 9.53 Å². The molecule has 4 heteroatoms. The van der Waals surface area contributed by atoms with E-state index in [1.165, 1.54) is 57.3 Å². The molecule has 34 heavy (non-hydrogen) atoms. The third kappa shape index (κ3) is 3.79. The van der Waals surface area contributed by atoms with Crippen molar-refractivity contribution in [1.29, 1.82) is 0 Å². The molecule has 0 radical (unpaired) electrons. The molecule has 0 aliphatic heterocycles. The van der Waals surface area contributed by atoms with Crippen LogP contribution in [0.2, 0.25) is 0 Å². The van der Waals surface area contributed by atoms with Crippen molar-refractivity contribution in [3.63, 3.8) is 0 Å². The van der Waals surface area contributed by atoms with Crippen molar-refractivity contribution in [2.75, 3.05) is 13.2 Å². The molecule has 1 amide bonds. The summed E-state index contributed by atoms with van der Waals surface area (Å²) in [5, 5.41) is 4.19. The standard InChI is InChI=1S/C30H28N2O2/c33-30(34-19-27-23-11-3-1-9-21(23)22-10-2-4-12-24(22)27)31-17-7-8-20-15-16-29-26(18-20)25-13-5-6-14-28(25)32-29/h1-4,7-12,15-16,18,27,32H,5-6,13-14,17,19H2,(H,31,33). The lowest BCUT2D eigenvalue weighted by Crippen LogP contribution is -2.26. The Morgan fingerprint density at radius 3 is 2.50 bits per heavy atom. The van der Waals surface area contributed by atoms with E-state index in [2.05, 4.69) is 71.0 Å². The van der Waals surface area contributed by atoms with Crippen LogP contribution in [0.15, 0.2) is 72.8 Å². The highest BCUT2D eigenvalue weighted by atomic mass is 16.5. The Hall–Kier alpha value is -3.79. The van der Waals surface area contributed by atoms with Crippen molar-refractivity contribution in [1.82, 2.24) is 10.3 Å². The van der Waals surface area contributed by atoms with E-state index in [-0.39, 0.29) is 12.0 Å². The number of hydrogen-bond donors (Lipinski definition) is 2. The summed E-state index contributed by atoms with van der Waals surface area (Å²) in [7, 11) is 0. The predicted octanol–water partition coefficient (Wildman–Crippen LogP) is 6.60. The summed E-state index contributed by atoms with van der Waals surface area (Å²) in [5.74, 6) is 0.0766. The first-order valence-electron chi connectivity index (χ1n) is 12.2. The van der Waals surface area contributed by atoms with Crippen LogP contribution in [0.25, 0.3) is 28.1 Å². The normalized spacial score (nSPS) is 14.7. The maximum atomic E-state index is 12.4. The lowest BCUT2D eigenvalue weighted by Gasteiger charge is -2.14. The summed E-state index contributed by atoms with van der Waals surface area (Å²) in [4.78, 5) is 15.9. The first-order valence-corrected chi connectivity index (χ1v) is 12.2. The molecule has 0 atom stereocenters. The molecule has 0 saturated heterocycles. The SMILES string of the molecule is O=C(NCC=Cc1ccc2[nH]c3c(c2c1)CCCC3)OCC1c2ccccc2-c2ccccc21. The zero-order valence-corrected chi connectivity index (χ0v) is 19.1. The Balaban J connectivity index is 1.06. The van der Waals surface area contributed by atoms with Crippen LogP contribution in [0.5, 0.6) is 0 Å². The second-order valence-corrected chi connectivity index (χ2v) is 9.20. The molecule has 0 fully saturated rings. The number of H-pyrrole nitrogens is 1. The lowest BCUT2D eigenvalue weighted by atomic mass is 9.95. The van der Waals surface area contributed by atoms with Gasteiger partial charge in [0.25, 0.3) is 0 Å². The maximum Gasteiger partial charge on any atom is 0.407 e. The minimum absolute atomic E-state index is 0.0766. The predicted molar refractivity (Wildman–Crippen MR) is 137 cm³/mol. The largest absolute Gasteiger partial charge is 0.449 e. The van der Waals surface area contributed by atoms with Gasteiger partial charge in [-0.05, 0) is 71.2 Å². The van der Waals surface area contributed by atoms with Gasteiger partial charge in [-0.3, -0.25) is 0 Å². The second kappa shape index (κ2) is 8.86. The van der Waals surface area contributed by atoms with Gasteiger partial charge in [0.05, 0.1) is 0 Å². The van der Waals surface area contributed by atoms with Crippen LogP contribution in [0, 0.1) is 0 Å². The van der Waals surface area contributed by atoms with Crippen LogP contribution in [0.3, 0.4) is 0 Å². The summed E-state index contributed by atoms with van der Waals surface area (Å²) < 4.78 is 5.61. The van der Waals surface area contributed by atoms with Gasteiger partial charge in [-0.25, -0.2) is 4.79 Å². The molecule has 2 aliphatic carbocycles. The fraction of sp³-hybridized carbons (Fsp3) is 0.233. The molecule has 170 valence electrons. The van der Waals surface area contributed by atoms with E-state index in [1.54, 1.807) is 0 Å². The smallest absolute Gasteiger partial charge is 0.407 e. The highest BCUT2D eigenvalue weighted by Gasteiger charge is 2.28. The lowest BCUT2D eigenvalue weighted by molar-refractivity contribution is 0.144. The number of alkyl carbamates (subject to hydrolysis) is 1. The average Bonchev–Trinajstić information content (AvgIpc) is 3.41. The number of carbonyl (C=O) groups excluding carboxylic acids is 1. The minimum atomic E-state index is -0.387. The number of amides is 1. The number of aromatic nitrogens is 1. The van der Waals surface area contributed by atoms with Gasteiger partial charge in [0.1, 0.15) is 6.61 Å². The third-order valence-electron chi connectivity index (χ3n) is 7.14. The summed E-state index contributed by atoms with van der Waals surface area (Å²) in [6.45, 7) is 0.763. The monoisotopic (exact) mass is 448 g/mol. The molecule has 2 N–H and O–H groups in total. The van der Waals surface area contributed by atoms with Gasteiger partial charge < -0.3 is 15.0 Å². The Morgan fingerprint density at radius 2 is 1.71 bits per heavy atom. The second-order valence-electron chi connectivity index (χ2n) is 9.20. The van der Waals surface area contributed by atoms with Gasteiger partial charge in [0, 0.05) is 29.1 Å². The molecule has 2 aliphatic rings. The quantitative estimate of drug-likeness (QED) is 0.361. The molecule has 6 rings (SSSR count). The van der Waals surface area contributed by atoms with E-state index < -0.39 is 0 Å². The molecule has 1 heterocycles. The molecular weight excluding hydrogens is 420 g/mol. The molecule has 0 unspecified atom stereocenters. The average molecular weight is 449 g/mol. The fourth-order valence-corrected chi connectivity index (χ4v) is 5.51. The van der Waals surface area contributed by atoms with Crippen LogP contribution >= 0.6 is 0 Å². The Morgan fingerprint density at radius 1 is 0.971 bits per heavy atom. The Labute approximate surface area is 199 Å². The number of aromatic amines is 1. The van der Waals surface area contributed by atoms with Crippen molar-refractivity contribution >= 4 is 23.1 Å². The van der Waals surface area contributed by atoms with Gasteiger partial charge in [-0.2, -0.15) is 0 Å². The van der Waals surface area contributed by atoms with E-state index >= 15 is 0 Å². The molecule has 1 aromatic heterocycles. The zero-order valence-electron chi connectivity index (χ0n) is 19.1. The number of rotatable bonds is 5. The zero-order chi connectivity index (χ0) is 22.9. The maximum absolute atomic E-state index is 12.4. The first kappa shape index (κ1) is 20.8. The number of aryl methyl sites for hydroxylation is 2. The topological polar surface area (TPSA) is 54.1 Å². The van der Waals surface area contributed by atoms with E-state index in [1.807, 2.05) is 18.2 Å². The van der Waals surface area contributed by atoms with Crippen LogP contribution in [-0.4, -0.2) is 24.2 Å². The van der Waals surface area contributed by atoms with Gasteiger partial charge in [-0.15, -0.1) is 0 Å². The molecule has 0 saturated carbocycles. The Kier molecular flexibility index (Phi) is 5.42.